The number of carbonyl (C=O) groups excluding carboxylic acids is 1. The van der Waals surface area contributed by atoms with Gasteiger partial charge >= 0.3 is 5.97 Å². The highest BCUT2D eigenvalue weighted by atomic mass is 19.3. The van der Waals surface area contributed by atoms with Crippen molar-refractivity contribution in [1.29, 1.82) is 0 Å². The quantitative estimate of drug-likeness (QED) is 0.450. The molecular weight excluding hydrogens is 338 g/mol. The van der Waals surface area contributed by atoms with Gasteiger partial charge in [0.2, 0.25) is 0 Å². The number of esters is 1. The van der Waals surface area contributed by atoms with Crippen LogP contribution >= 0.6 is 0 Å². The van der Waals surface area contributed by atoms with Crippen LogP contribution in [0.15, 0.2) is 36.4 Å². The van der Waals surface area contributed by atoms with Gasteiger partial charge in [0.05, 0.1) is 5.56 Å². The van der Waals surface area contributed by atoms with Gasteiger partial charge in [-0.15, -0.1) is 0 Å². The lowest BCUT2D eigenvalue weighted by molar-refractivity contribution is -0.134. The Bertz CT molecular complexity index is 757. The van der Waals surface area contributed by atoms with Crippen LogP contribution in [0.5, 0.6) is 11.5 Å². The van der Waals surface area contributed by atoms with Crippen LogP contribution < -0.4 is 9.47 Å². The Labute approximate surface area is 152 Å². The summed E-state index contributed by atoms with van der Waals surface area (Å²) in [5, 5.41) is 0. The molecular formula is C21H24F2O3. The summed E-state index contributed by atoms with van der Waals surface area (Å²) < 4.78 is 37.8. The second kappa shape index (κ2) is 9.32. The molecule has 0 aliphatic carbocycles. The second-order valence-electron chi connectivity index (χ2n) is 5.89. The number of ether oxygens (including phenoxy) is 2. The molecule has 3 nitrogen and oxygen atoms in total. The predicted molar refractivity (Wildman–Crippen MR) is 96.9 cm³/mol. The third-order valence-corrected chi connectivity index (χ3v) is 4.21. The monoisotopic (exact) mass is 362 g/mol. The summed E-state index contributed by atoms with van der Waals surface area (Å²) >= 11 is 0. The molecule has 0 aliphatic heterocycles. The van der Waals surface area contributed by atoms with Gasteiger partial charge in [-0.1, -0.05) is 39.0 Å². The fourth-order valence-electron chi connectivity index (χ4n) is 2.67. The molecule has 0 saturated carbocycles. The van der Waals surface area contributed by atoms with Gasteiger partial charge in [-0.2, -0.15) is 0 Å². The first-order chi connectivity index (χ1) is 12.5. The Morgan fingerprint density at radius 3 is 2.42 bits per heavy atom. The first kappa shape index (κ1) is 19.9. The highest BCUT2D eigenvalue weighted by Crippen LogP contribution is 2.32. The van der Waals surface area contributed by atoms with Crippen LogP contribution in [0.25, 0.3) is 0 Å². The third kappa shape index (κ3) is 4.81. The standard InChI is InChI=1S/C21H24F2O3/c1-4-14-10-11-18(16(12-14)21(22)23)25-13-17-15(5-2)8-7-9-19(17)26-20(24)6-3/h7-12,21H,4-6,13H2,1-3H3. The van der Waals surface area contributed by atoms with Crippen LogP contribution in [0.4, 0.5) is 8.78 Å². The average Bonchev–Trinajstić information content (AvgIpc) is 2.66. The van der Waals surface area contributed by atoms with Crippen molar-refractivity contribution in [1.82, 2.24) is 0 Å². The summed E-state index contributed by atoms with van der Waals surface area (Å²) in [7, 11) is 0. The highest BCUT2D eigenvalue weighted by molar-refractivity contribution is 5.72. The van der Waals surface area contributed by atoms with Crippen molar-refractivity contribution >= 4 is 5.97 Å². The predicted octanol–water partition coefficient (Wildman–Crippen LogP) is 5.64. The first-order valence-corrected chi connectivity index (χ1v) is 8.85. The van der Waals surface area contributed by atoms with E-state index in [1.54, 1.807) is 31.2 Å². The normalized spacial score (nSPS) is 10.8. The van der Waals surface area contributed by atoms with Crippen LogP contribution in [0.1, 0.15) is 55.9 Å². The van der Waals surface area contributed by atoms with E-state index in [2.05, 4.69) is 0 Å². The maximum Gasteiger partial charge on any atom is 0.310 e. The SMILES string of the molecule is CCC(=O)Oc1cccc(CC)c1COc1ccc(CC)cc1C(F)F. The molecule has 0 unspecified atom stereocenters. The van der Waals surface area contributed by atoms with E-state index in [1.165, 1.54) is 6.07 Å². The van der Waals surface area contributed by atoms with E-state index in [0.717, 1.165) is 11.1 Å². The lowest BCUT2D eigenvalue weighted by atomic mass is 10.0. The first-order valence-electron chi connectivity index (χ1n) is 8.85. The Morgan fingerprint density at radius 2 is 1.81 bits per heavy atom. The fraction of sp³-hybridized carbons (Fsp3) is 0.381. The summed E-state index contributed by atoms with van der Waals surface area (Å²) in [4.78, 5) is 11.7. The number of rotatable bonds is 8. The molecule has 0 N–H and O–H groups in total. The topological polar surface area (TPSA) is 35.5 Å². The Morgan fingerprint density at radius 1 is 1.04 bits per heavy atom. The van der Waals surface area contributed by atoms with Gasteiger partial charge in [0, 0.05) is 12.0 Å². The maximum atomic E-state index is 13.4. The number of carbonyl (C=O) groups is 1. The Balaban J connectivity index is 2.30. The second-order valence-corrected chi connectivity index (χ2v) is 5.89. The molecule has 0 saturated heterocycles. The largest absolute Gasteiger partial charge is 0.488 e. The molecule has 140 valence electrons. The minimum atomic E-state index is -2.62. The van der Waals surface area contributed by atoms with Crippen LogP contribution in [-0.2, 0) is 24.2 Å². The van der Waals surface area contributed by atoms with Crippen LogP contribution in [0, 0.1) is 0 Å². The molecule has 0 atom stereocenters. The van der Waals surface area contributed by atoms with Gasteiger partial charge in [-0.25, -0.2) is 8.78 Å². The zero-order valence-corrected chi connectivity index (χ0v) is 15.4. The molecule has 2 rings (SSSR count). The molecule has 2 aromatic rings. The maximum absolute atomic E-state index is 13.4. The smallest absolute Gasteiger partial charge is 0.310 e. The highest BCUT2D eigenvalue weighted by Gasteiger charge is 2.17. The number of hydrogen-bond donors (Lipinski definition) is 0. The van der Waals surface area contributed by atoms with Crippen molar-refractivity contribution in [2.45, 2.75) is 53.1 Å². The molecule has 0 bridgehead atoms. The van der Waals surface area contributed by atoms with Gasteiger partial charge in [-0.3, -0.25) is 4.79 Å². The van der Waals surface area contributed by atoms with E-state index in [4.69, 9.17) is 9.47 Å². The minimum Gasteiger partial charge on any atom is -0.488 e. The molecule has 2 aromatic carbocycles. The molecule has 0 amide bonds. The molecule has 5 heteroatoms. The molecule has 26 heavy (non-hydrogen) atoms. The van der Waals surface area contributed by atoms with Crippen molar-refractivity contribution in [3.63, 3.8) is 0 Å². The number of halogens is 2. The lowest BCUT2D eigenvalue weighted by Gasteiger charge is -2.17. The minimum absolute atomic E-state index is 0.0571. The summed E-state index contributed by atoms with van der Waals surface area (Å²) in [6, 6.07) is 10.2. The van der Waals surface area contributed by atoms with Gasteiger partial charge < -0.3 is 9.47 Å². The van der Waals surface area contributed by atoms with Gasteiger partial charge in [0.25, 0.3) is 6.43 Å². The number of hydrogen-bond acceptors (Lipinski definition) is 3. The van der Waals surface area contributed by atoms with Crippen molar-refractivity contribution in [3.8, 4) is 11.5 Å². The van der Waals surface area contributed by atoms with Crippen molar-refractivity contribution in [2.24, 2.45) is 0 Å². The van der Waals surface area contributed by atoms with E-state index in [-0.39, 0.29) is 30.3 Å². The zero-order chi connectivity index (χ0) is 19.1. The van der Waals surface area contributed by atoms with Crippen LogP contribution in [0.2, 0.25) is 0 Å². The molecule has 0 fully saturated rings. The third-order valence-electron chi connectivity index (χ3n) is 4.21. The number of benzene rings is 2. The molecule has 0 spiro atoms. The van der Waals surface area contributed by atoms with E-state index < -0.39 is 6.43 Å². The summed E-state index contributed by atoms with van der Waals surface area (Å²) in [5.41, 5.74) is 2.37. The molecule has 0 aliphatic rings. The Hall–Kier alpha value is -2.43. The molecule has 0 radical (unpaired) electrons. The van der Waals surface area contributed by atoms with Gasteiger partial charge in [0.15, 0.2) is 0 Å². The zero-order valence-electron chi connectivity index (χ0n) is 15.4. The van der Waals surface area contributed by atoms with Crippen LogP contribution in [-0.4, -0.2) is 5.97 Å². The van der Waals surface area contributed by atoms with E-state index >= 15 is 0 Å². The Kier molecular flexibility index (Phi) is 7.13. The molecule has 0 heterocycles. The summed E-state index contributed by atoms with van der Waals surface area (Å²) in [6.07, 6.45) is -0.969. The lowest BCUT2D eigenvalue weighted by Crippen LogP contribution is -2.10. The van der Waals surface area contributed by atoms with Crippen LogP contribution in [0.3, 0.4) is 0 Å². The van der Waals surface area contributed by atoms with E-state index in [9.17, 15) is 13.6 Å². The fourth-order valence-corrected chi connectivity index (χ4v) is 2.67. The van der Waals surface area contributed by atoms with E-state index in [1.807, 2.05) is 19.9 Å². The number of aryl methyl sites for hydroxylation is 2. The average molecular weight is 362 g/mol. The van der Waals surface area contributed by atoms with Crippen molar-refractivity contribution < 1.29 is 23.0 Å². The molecule has 0 aromatic heterocycles. The summed E-state index contributed by atoms with van der Waals surface area (Å²) in [6.45, 7) is 5.66. The van der Waals surface area contributed by atoms with Crippen molar-refractivity contribution in [2.75, 3.05) is 0 Å². The van der Waals surface area contributed by atoms with Gasteiger partial charge in [0.1, 0.15) is 18.1 Å². The summed E-state index contributed by atoms with van der Waals surface area (Å²) in [5.74, 6) is 0.218. The van der Waals surface area contributed by atoms with Crippen molar-refractivity contribution in [3.05, 3.63) is 58.7 Å². The number of alkyl halides is 2. The van der Waals surface area contributed by atoms with Gasteiger partial charge in [-0.05, 0) is 42.2 Å². The van der Waals surface area contributed by atoms with E-state index in [0.29, 0.717) is 24.2 Å².